The van der Waals surface area contributed by atoms with Crippen LogP contribution in [-0.4, -0.2) is 34.5 Å². The molecular weight excluding hydrogens is 304 g/mol. The molecule has 8 heteroatoms. The Morgan fingerprint density at radius 1 is 1.18 bits per heavy atom. The van der Waals surface area contributed by atoms with Gasteiger partial charge in [0.2, 0.25) is 0 Å². The molecule has 0 saturated heterocycles. The molecule has 118 valence electrons. The van der Waals surface area contributed by atoms with Crippen molar-refractivity contribution in [3.05, 3.63) is 40.3 Å². The van der Waals surface area contributed by atoms with Crippen LogP contribution in [-0.2, 0) is 16.4 Å². The topological polar surface area (TPSA) is 86.8 Å². The molecule has 1 aliphatic rings. The molecule has 22 heavy (non-hydrogen) atoms. The number of hydrogen-bond acceptors (Lipinski definition) is 5. The maximum absolute atomic E-state index is 12.4. The van der Waals surface area contributed by atoms with Crippen molar-refractivity contribution in [2.24, 2.45) is 0 Å². The molecule has 1 saturated carbocycles. The predicted molar refractivity (Wildman–Crippen MR) is 80.4 cm³/mol. The van der Waals surface area contributed by atoms with E-state index in [1.165, 1.54) is 15.4 Å². The predicted octanol–water partition coefficient (Wildman–Crippen LogP) is 1.01. The molecule has 0 bridgehead atoms. The minimum absolute atomic E-state index is 0.106. The molecular formula is C14H18N4O3S. The molecule has 1 fully saturated rings. The molecule has 1 aliphatic carbocycles. The minimum Gasteiger partial charge on any atom is -0.244 e. The van der Waals surface area contributed by atoms with Crippen molar-refractivity contribution in [3.63, 3.8) is 0 Å². The van der Waals surface area contributed by atoms with Crippen LogP contribution in [0.15, 0.2) is 34.0 Å². The third kappa shape index (κ3) is 2.83. The Morgan fingerprint density at radius 2 is 1.86 bits per heavy atom. The van der Waals surface area contributed by atoms with Crippen molar-refractivity contribution >= 4 is 9.84 Å². The average Bonchev–Trinajstić information content (AvgIpc) is 3.09. The van der Waals surface area contributed by atoms with Crippen LogP contribution in [0, 0.1) is 0 Å². The summed E-state index contributed by atoms with van der Waals surface area (Å²) in [4.78, 5) is 12.6. The lowest BCUT2D eigenvalue weighted by atomic mass is 10.2. The van der Waals surface area contributed by atoms with Gasteiger partial charge in [0.15, 0.2) is 9.84 Å². The highest BCUT2D eigenvalue weighted by Crippen LogP contribution is 2.27. The second-order valence-corrected chi connectivity index (χ2v) is 7.67. The Bertz CT molecular complexity index is 832. The first kappa shape index (κ1) is 15.0. The maximum atomic E-state index is 12.4. The van der Waals surface area contributed by atoms with E-state index in [0.29, 0.717) is 5.56 Å². The summed E-state index contributed by atoms with van der Waals surface area (Å²) in [5.74, 6) is 0. The van der Waals surface area contributed by atoms with Gasteiger partial charge in [-0.05, 0) is 34.9 Å². The molecule has 0 atom stereocenters. The Labute approximate surface area is 128 Å². The lowest BCUT2D eigenvalue weighted by Crippen LogP contribution is -2.28. The maximum Gasteiger partial charge on any atom is 0.364 e. The number of aromatic nitrogens is 4. The zero-order valence-electron chi connectivity index (χ0n) is 12.3. The summed E-state index contributed by atoms with van der Waals surface area (Å²) < 4.78 is 26.3. The molecule has 0 aliphatic heterocycles. The van der Waals surface area contributed by atoms with E-state index in [9.17, 15) is 13.2 Å². The highest BCUT2D eigenvalue weighted by molar-refractivity contribution is 7.90. The first-order chi connectivity index (χ1) is 10.5. The van der Waals surface area contributed by atoms with Gasteiger partial charge in [-0.3, -0.25) is 0 Å². The zero-order chi connectivity index (χ0) is 15.7. The monoisotopic (exact) mass is 322 g/mol. The molecule has 0 radical (unpaired) electrons. The van der Waals surface area contributed by atoms with E-state index < -0.39 is 9.84 Å². The molecule has 1 aromatic carbocycles. The quantitative estimate of drug-likeness (QED) is 0.838. The van der Waals surface area contributed by atoms with Crippen LogP contribution < -0.4 is 5.69 Å². The van der Waals surface area contributed by atoms with Crippen LogP contribution in [0.5, 0.6) is 0 Å². The van der Waals surface area contributed by atoms with Gasteiger partial charge in [-0.1, -0.05) is 31.0 Å². The summed E-state index contributed by atoms with van der Waals surface area (Å²) in [5.41, 5.74) is 0.265. The van der Waals surface area contributed by atoms with E-state index in [1.807, 2.05) is 0 Å². The smallest absolute Gasteiger partial charge is 0.244 e. The van der Waals surface area contributed by atoms with Crippen molar-refractivity contribution in [2.45, 2.75) is 43.2 Å². The van der Waals surface area contributed by atoms with Gasteiger partial charge in [0.1, 0.15) is 0 Å². The van der Waals surface area contributed by atoms with Crippen molar-refractivity contribution in [1.29, 1.82) is 0 Å². The van der Waals surface area contributed by atoms with Crippen LogP contribution in [0.1, 0.15) is 37.3 Å². The highest BCUT2D eigenvalue weighted by atomic mass is 32.2. The molecule has 0 N–H and O–H groups in total. The summed E-state index contributed by atoms with van der Waals surface area (Å²) >= 11 is 0. The molecule has 7 nitrogen and oxygen atoms in total. The largest absolute Gasteiger partial charge is 0.364 e. The summed E-state index contributed by atoms with van der Waals surface area (Å²) in [6.07, 6.45) is 5.24. The number of benzene rings is 1. The Morgan fingerprint density at radius 3 is 2.55 bits per heavy atom. The molecule has 1 heterocycles. The van der Waals surface area contributed by atoms with Crippen LogP contribution in [0.3, 0.4) is 0 Å². The summed E-state index contributed by atoms with van der Waals surface area (Å²) in [7, 11) is -3.35. The normalized spacial score (nSPS) is 16.2. The van der Waals surface area contributed by atoms with E-state index in [1.54, 1.807) is 18.2 Å². The number of nitrogens with zero attached hydrogens (tertiary/aromatic N) is 4. The summed E-state index contributed by atoms with van der Waals surface area (Å²) in [6, 6.07) is 6.76. The van der Waals surface area contributed by atoms with Gasteiger partial charge in [0, 0.05) is 6.26 Å². The van der Waals surface area contributed by atoms with Gasteiger partial charge in [0.25, 0.3) is 0 Å². The first-order valence-electron chi connectivity index (χ1n) is 7.27. The van der Waals surface area contributed by atoms with Gasteiger partial charge >= 0.3 is 5.69 Å². The van der Waals surface area contributed by atoms with Gasteiger partial charge in [0.05, 0.1) is 17.5 Å². The second-order valence-electron chi connectivity index (χ2n) is 5.68. The van der Waals surface area contributed by atoms with E-state index >= 15 is 0 Å². The molecule has 0 unspecified atom stereocenters. The van der Waals surface area contributed by atoms with E-state index in [4.69, 9.17) is 0 Å². The second kappa shape index (κ2) is 5.68. The third-order valence-electron chi connectivity index (χ3n) is 4.02. The third-order valence-corrected chi connectivity index (χ3v) is 5.22. The van der Waals surface area contributed by atoms with Crippen molar-refractivity contribution in [3.8, 4) is 0 Å². The van der Waals surface area contributed by atoms with E-state index in [-0.39, 0.29) is 23.2 Å². The summed E-state index contributed by atoms with van der Waals surface area (Å²) in [5, 5.41) is 7.85. The average molecular weight is 322 g/mol. The van der Waals surface area contributed by atoms with Crippen LogP contribution in [0.25, 0.3) is 0 Å². The number of hydrogen-bond donors (Lipinski definition) is 0. The fourth-order valence-electron chi connectivity index (χ4n) is 2.92. The van der Waals surface area contributed by atoms with E-state index in [2.05, 4.69) is 10.4 Å². The molecule has 3 rings (SSSR count). The van der Waals surface area contributed by atoms with Crippen LogP contribution >= 0.6 is 0 Å². The van der Waals surface area contributed by atoms with Gasteiger partial charge in [-0.25, -0.2) is 13.2 Å². The van der Waals surface area contributed by atoms with Crippen molar-refractivity contribution in [1.82, 2.24) is 19.8 Å². The molecule has 0 spiro atoms. The van der Waals surface area contributed by atoms with Crippen molar-refractivity contribution in [2.75, 3.05) is 6.26 Å². The SMILES string of the molecule is CS(=O)(=O)c1ccccc1Cn1nnn(C2CCCC2)c1=O. The fourth-order valence-corrected chi connectivity index (χ4v) is 3.86. The molecule has 1 aromatic heterocycles. The number of rotatable bonds is 4. The minimum atomic E-state index is -3.35. The highest BCUT2D eigenvalue weighted by Gasteiger charge is 2.22. The lowest BCUT2D eigenvalue weighted by molar-refractivity contribution is 0.441. The lowest BCUT2D eigenvalue weighted by Gasteiger charge is -2.07. The number of tetrazole rings is 1. The molecule has 2 aromatic rings. The molecule has 0 amide bonds. The summed E-state index contributed by atoms with van der Waals surface area (Å²) in [6.45, 7) is 0.106. The fraction of sp³-hybridized carbons (Fsp3) is 0.500. The van der Waals surface area contributed by atoms with Crippen LogP contribution in [0.4, 0.5) is 0 Å². The zero-order valence-corrected chi connectivity index (χ0v) is 13.2. The Balaban J connectivity index is 1.93. The number of sulfone groups is 1. The Hall–Kier alpha value is -1.96. The first-order valence-corrected chi connectivity index (χ1v) is 9.16. The van der Waals surface area contributed by atoms with Gasteiger partial charge < -0.3 is 0 Å². The van der Waals surface area contributed by atoms with E-state index in [0.717, 1.165) is 31.9 Å². The van der Waals surface area contributed by atoms with Gasteiger partial charge in [-0.2, -0.15) is 9.36 Å². The van der Waals surface area contributed by atoms with Crippen LogP contribution in [0.2, 0.25) is 0 Å². The Kier molecular flexibility index (Phi) is 3.86. The standard InChI is InChI=1S/C14H18N4O3S/c1-22(20,21)13-9-5-2-6-11(13)10-17-14(19)18(16-15-17)12-7-3-4-8-12/h2,5-6,9,12H,3-4,7-8,10H2,1H3. The van der Waals surface area contributed by atoms with Crippen molar-refractivity contribution < 1.29 is 8.42 Å². The van der Waals surface area contributed by atoms with Gasteiger partial charge in [-0.15, -0.1) is 0 Å².